The Morgan fingerprint density at radius 1 is 1.31 bits per heavy atom. The van der Waals surface area contributed by atoms with Crippen LogP contribution in [0.25, 0.3) is 0 Å². The molecule has 1 N–H and O–H groups in total. The number of carbonyl (C=O) groups excluding carboxylic acids is 1. The number of fused-ring (bicyclic) bond motifs is 1. The van der Waals surface area contributed by atoms with Crippen LogP contribution < -0.4 is 14.9 Å². The molecule has 0 aliphatic carbocycles. The molecule has 0 aromatic heterocycles. The van der Waals surface area contributed by atoms with E-state index in [0.29, 0.717) is 12.2 Å². The van der Waals surface area contributed by atoms with Crippen LogP contribution >= 0.6 is 0 Å². The maximum atomic E-state index is 12.2. The van der Waals surface area contributed by atoms with E-state index in [4.69, 9.17) is 9.47 Å². The van der Waals surface area contributed by atoms with Gasteiger partial charge >= 0.3 is 0 Å². The molecule has 5 nitrogen and oxygen atoms in total. The number of benzene rings is 2. The van der Waals surface area contributed by atoms with E-state index in [1.165, 1.54) is 5.56 Å². The number of nitrogens with one attached hydrogen (secondary N) is 1. The highest BCUT2D eigenvalue weighted by atomic mass is 16.5. The van der Waals surface area contributed by atoms with Gasteiger partial charge < -0.3 is 9.47 Å². The lowest BCUT2D eigenvalue weighted by atomic mass is 10.1. The average molecular weight is 352 g/mol. The van der Waals surface area contributed by atoms with Crippen LogP contribution in [0.15, 0.2) is 41.5 Å². The highest BCUT2D eigenvalue weighted by Crippen LogP contribution is 2.34. The Bertz CT molecular complexity index is 813. The van der Waals surface area contributed by atoms with E-state index < -0.39 is 0 Å². The van der Waals surface area contributed by atoms with Gasteiger partial charge in [0.15, 0.2) is 0 Å². The fourth-order valence-electron chi connectivity index (χ4n) is 2.95. The molecule has 0 radical (unpaired) electrons. The third-order valence-corrected chi connectivity index (χ3v) is 4.32. The van der Waals surface area contributed by atoms with Crippen molar-refractivity contribution in [1.82, 2.24) is 5.43 Å². The largest absolute Gasteiger partial charge is 0.493 e. The second-order valence-electron chi connectivity index (χ2n) is 6.31. The van der Waals surface area contributed by atoms with Gasteiger partial charge in [0.25, 0.3) is 5.91 Å². The summed E-state index contributed by atoms with van der Waals surface area (Å²) < 4.78 is 11.5. The van der Waals surface area contributed by atoms with Gasteiger partial charge in [-0.2, -0.15) is 5.10 Å². The number of nitrogens with zero attached hydrogens (tertiary/aromatic N) is 1. The molecule has 0 fully saturated rings. The first-order valence-corrected chi connectivity index (χ1v) is 8.99. The van der Waals surface area contributed by atoms with Gasteiger partial charge in [-0.1, -0.05) is 19.1 Å². The number of rotatable bonds is 6. The standard InChI is InChI=1S/C21H24N2O3/c1-4-15-6-8-16(9-7-15)21(24)23-22-13-18-12-20-17(10-14(3)26-20)11-19(18)25-5-2/h6-9,11-14H,4-5,10H2,1-3H3,(H,23,24)/b22-13-/t14-/m0/s1. The van der Waals surface area contributed by atoms with Crippen LogP contribution in [0.3, 0.4) is 0 Å². The number of hydrazone groups is 1. The highest BCUT2D eigenvalue weighted by molar-refractivity contribution is 5.95. The highest BCUT2D eigenvalue weighted by Gasteiger charge is 2.21. The zero-order valence-electron chi connectivity index (χ0n) is 15.4. The first kappa shape index (κ1) is 18.0. The van der Waals surface area contributed by atoms with E-state index in [0.717, 1.165) is 35.5 Å². The fourth-order valence-corrected chi connectivity index (χ4v) is 2.95. The van der Waals surface area contributed by atoms with E-state index >= 15 is 0 Å². The van der Waals surface area contributed by atoms with Gasteiger partial charge in [0.05, 0.1) is 12.8 Å². The van der Waals surface area contributed by atoms with Crippen molar-refractivity contribution in [3.05, 3.63) is 58.7 Å². The van der Waals surface area contributed by atoms with Crippen molar-refractivity contribution >= 4 is 12.1 Å². The smallest absolute Gasteiger partial charge is 0.271 e. The van der Waals surface area contributed by atoms with Gasteiger partial charge in [0.1, 0.15) is 17.6 Å². The summed E-state index contributed by atoms with van der Waals surface area (Å²) in [5, 5.41) is 4.09. The van der Waals surface area contributed by atoms with E-state index in [1.807, 2.05) is 38.1 Å². The second kappa shape index (κ2) is 8.04. The molecule has 2 aromatic carbocycles. The third-order valence-electron chi connectivity index (χ3n) is 4.32. The molecule has 1 atom stereocenters. The summed E-state index contributed by atoms with van der Waals surface area (Å²) in [6, 6.07) is 11.4. The summed E-state index contributed by atoms with van der Waals surface area (Å²) in [6.45, 7) is 6.62. The normalized spacial score (nSPS) is 15.6. The summed E-state index contributed by atoms with van der Waals surface area (Å²) in [5.41, 5.74) is 6.25. The number of aryl methyl sites for hydroxylation is 1. The average Bonchev–Trinajstić information content (AvgIpc) is 3.01. The van der Waals surface area contributed by atoms with Gasteiger partial charge in [0, 0.05) is 23.1 Å². The first-order chi connectivity index (χ1) is 12.6. The first-order valence-electron chi connectivity index (χ1n) is 8.99. The molecule has 3 rings (SSSR count). The Kier molecular flexibility index (Phi) is 5.56. The van der Waals surface area contributed by atoms with Crippen LogP contribution in [0.5, 0.6) is 11.5 Å². The maximum Gasteiger partial charge on any atom is 0.271 e. The predicted molar refractivity (Wildman–Crippen MR) is 102 cm³/mol. The minimum atomic E-state index is -0.243. The van der Waals surface area contributed by atoms with Crippen molar-refractivity contribution in [2.24, 2.45) is 5.10 Å². The Hall–Kier alpha value is -2.82. The molecule has 0 bridgehead atoms. The van der Waals surface area contributed by atoms with Crippen LogP contribution in [0, 0.1) is 0 Å². The molecule has 0 saturated heterocycles. The second-order valence-corrected chi connectivity index (χ2v) is 6.31. The summed E-state index contributed by atoms with van der Waals surface area (Å²) in [7, 11) is 0. The monoisotopic (exact) mass is 352 g/mol. The lowest BCUT2D eigenvalue weighted by Gasteiger charge is -2.09. The van der Waals surface area contributed by atoms with E-state index in [9.17, 15) is 4.79 Å². The molecule has 2 aromatic rings. The molecule has 0 unspecified atom stereocenters. The van der Waals surface area contributed by atoms with Gasteiger partial charge in [-0.15, -0.1) is 0 Å². The molecule has 0 saturated carbocycles. The Labute approximate surface area is 154 Å². The molecule has 136 valence electrons. The minimum absolute atomic E-state index is 0.164. The lowest BCUT2D eigenvalue weighted by molar-refractivity contribution is 0.0955. The quantitative estimate of drug-likeness (QED) is 0.636. The predicted octanol–water partition coefficient (Wildman–Crippen LogP) is 3.74. The Morgan fingerprint density at radius 2 is 2.08 bits per heavy atom. The molecule has 1 amide bonds. The van der Waals surface area contributed by atoms with Gasteiger partial charge in [-0.25, -0.2) is 5.43 Å². The molecular formula is C21H24N2O3. The van der Waals surface area contributed by atoms with Crippen LogP contribution in [0.4, 0.5) is 0 Å². The molecule has 1 aliphatic rings. The lowest BCUT2D eigenvalue weighted by Crippen LogP contribution is -2.17. The van der Waals surface area contributed by atoms with Crippen LogP contribution in [0.1, 0.15) is 47.8 Å². The van der Waals surface area contributed by atoms with Gasteiger partial charge in [0.2, 0.25) is 0 Å². The molecule has 5 heteroatoms. The number of ether oxygens (including phenoxy) is 2. The van der Waals surface area contributed by atoms with E-state index in [1.54, 1.807) is 18.3 Å². The number of carbonyl (C=O) groups is 1. The van der Waals surface area contributed by atoms with Crippen molar-refractivity contribution < 1.29 is 14.3 Å². The van der Waals surface area contributed by atoms with E-state index in [2.05, 4.69) is 17.5 Å². The molecule has 1 heterocycles. The van der Waals surface area contributed by atoms with Crippen molar-refractivity contribution in [1.29, 1.82) is 0 Å². The van der Waals surface area contributed by atoms with Gasteiger partial charge in [-0.05, 0) is 50.1 Å². The van der Waals surface area contributed by atoms with Crippen LogP contribution in [-0.4, -0.2) is 24.8 Å². The molecule has 26 heavy (non-hydrogen) atoms. The Balaban J connectivity index is 1.73. The topological polar surface area (TPSA) is 59.9 Å². The molecule has 1 aliphatic heterocycles. The SMILES string of the molecule is CCOc1cc2c(cc1/C=N\NC(=O)c1ccc(CC)cc1)O[C@@H](C)C2. The van der Waals surface area contributed by atoms with Crippen LogP contribution in [0.2, 0.25) is 0 Å². The third kappa shape index (κ3) is 4.04. The number of hydrogen-bond donors (Lipinski definition) is 1. The van der Waals surface area contributed by atoms with E-state index in [-0.39, 0.29) is 12.0 Å². The molecule has 0 spiro atoms. The summed E-state index contributed by atoms with van der Waals surface area (Å²) >= 11 is 0. The van der Waals surface area contributed by atoms with Crippen LogP contribution in [-0.2, 0) is 12.8 Å². The molecular weight excluding hydrogens is 328 g/mol. The summed E-state index contributed by atoms with van der Waals surface area (Å²) in [6.07, 6.45) is 3.57. The van der Waals surface area contributed by atoms with Crippen molar-refractivity contribution in [2.45, 2.75) is 39.7 Å². The number of hydrogen-bond acceptors (Lipinski definition) is 4. The van der Waals surface area contributed by atoms with Crippen molar-refractivity contribution in [2.75, 3.05) is 6.61 Å². The maximum absolute atomic E-state index is 12.2. The summed E-state index contributed by atoms with van der Waals surface area (Å²) in [5.74, 6) is 1.35. The Morgan fingerprint density at radius 3 is 2.77 bits per heavy atom. The zero-order chi connectivity index (χ0) is 18.5. The number of amides is 1. The van der Waals surface area contributed by atoms with Gasteiger partial charge in [-0.3, -0.25) is 4.79 Å². The minimum Gasteiger partial charge on any atom is -0.493 e. The van der Waals surface area contributed by atoms with Crippen molar-refractivity contribution in [3.63, 3.8) is 0 Å². The zero-order valence-corrected chi connectivity index (χ0v) is 15.4. The fraction of sp³-hybridized carbons (Fsp3) is 0.333. The van der Waals surface area contributed by atoms with Crippen molar-refractivity contribution in [3.8, 4) is 11.5 Å². The summed E-state index contributed by atoms with van der Waals surface area (Å²) in [4.78, 5) is 12.2.